The molecule has 2 aromatic carbocycles. The van der Waals surface area contributed by atoms with Crippen LogP contribution in [0.25, 0.3) is 0 Å². The average Bonchev–Trinajstić information content (AvgIpc) is 2.43. The maximum Gasteiger partial charge on any atom is 0.119 e. The number of aryl methyl sites for hydroxylation is 1. The number of phenols is 1. The predicted molar refractivity (Wildman–Crippen MR) is 84.3 cm³/mol. The van der Waals surface area contributed by atoms with E-state index in [-0.39, 0.29) is 5.92 Å². The molecule has 0 radical (unpaired) electrons. The van der Waals surface area contributed by atoms with Gasteiger partial charge in [-0.1, -0.05) is 48.0 Å². The van der Waals surface area contributed by atoms with Crippen LogP contribution in [0, 0.1) is 6.92 Å². The highest BCUT2D eigenvalue weighted by Gasteiger charge is 2.17. The molecule has 0 aromatic heterocycles. The van der Waals surface area contributed by atoms with Gasteiger partial charge in [0.05, 0.1) is 0 Å². The molecule has 20 heavy (non-hydrogen) atoms. The summed E-state index contributed by atoms with van der Waals surface area (Å²) < 4.78 is 0. The number of rotatable bonds is 5. The van der Waals surface area contributed by atoms with Crippen LogP contribution in [0.4, 0.5) is 0 Å². The highest BCUT2D eigenvalue weighted by atomic mass is 16.3. The fourth-order valence-corrected chi connectivity index (χ4v) is 2.53. The first-order valence-corrected chi connectivity index (χ1v) is 7.07. The van der Waals surface area contributed by atoms with E-state index in [2.05, 4.69) is 56.3 Å². The van der Waals surface area contributed by atoms with Crippen LogP contribution in [-0.4, -0.2) is 30.6 Å². The van der Waals surface area contributed by atoms with Gasteiger partial charge in [-0.05, 0) is 45.6 Å². The van der Waals surface area contributed by atoms with Crippen LogP contribution in [-0.2, 0) is 0 Å². The van der Waals surface area contributed by atoms with Crippen molar-refractivity contribution in [2.75, 3.05) is 20.6 Å². The van der Waals surface area contributed by atoms with Crippen LogP contribution in [0.5, 0.6) is 5.75 Å². The van der Waals surface area contributed by atoms with Crippen molar-refractivity contribution >= 4 is 0 Å². The molecule has 0 aliphatic heterocycles. The minimum Gasteiger partial charge on any atom is -0.508 e. The average molecular weight is 269 g/mol. The van der Waals surface area contributed by atoms with Crippen molar-refractivity contribution in [3.05, 3.63) is 65.2 Å². The lowest BCUT2D eigenvalue weighted by Gasteiger charge is -2.21. The van der Waals surface area contributed by atoms with Crippen LogP contribution < -0.4 is 0 Å². The van der Waals surface area contributed by atoms with Gasteiger partial charge in [-0.25, -0.2) is 0 Å². The number of phenolic OH excluding ortho intramolecular Hbond substituents is 1. The third-order valence-corrected chi connectivity index (χ3v) is 3.63. The molecule has 0 fully saturated rings. The van der Waals surface area contributed by atoms with Crippen molar-refractivity contribution in [2.45, 2.75) is 19.3 Å². The van der Waals surface area contributed by atoms with Crippen LogP contribution in [0.1, 0.15) is 29.0 Å². The van der Waals surface area contributed by atoms with Crippen LogP contribution >= 0.6 is 0 Å². The normalized spacial score (nSPS) is 12.6. The van der Waals surface area contributed by atoms with E-state index >= 15 is 0 Å². The summed E-state index contributed by atoms with van der Waals surface area (Å²) >= 11 is 0. The first kappa shape index (κ1) is 14.6. The van der Waals surface area contributed by atoms with Gasteiger partial charge in [-0.3, -0.25) is 0 Å². The molecule has 0 saturated heterocycles. The van der Waals surface area contributed by atoms with Gasteiger partial charge < -0.3 is 10.0 Å². The Labute approximate surface area is 121 Å². The number of hydrogen-bond donors (Lipinski definition) is 1. The molecule has 0 aliphatic carbocycles. The molecule has 0 spiro atoms. The van der Waals surface area contributed by atoms with Crippen LogP contribution in [0.15, 0.2) is 48.5 Å². The van der Waals surface area contributed by atoms with E-state index in [1.54, 1.807) is 6.07 Å². The van der Waals surface area contributed by atoms with Gasteiger partial charge >= 0.3 is 0 Å². The molecule has 0 amide bonds. The third kappa shape index (κ3) is 3.61. The van der Waals surface area contributed by atoms with Crippen molar-refractivity contribution in [2.24, 2.45) is 0 Å². The smallest absolute Gasteiger partial charge is 0.119 e. The molecule has 0 bridgehead atoms. The topological polar surface area (TPSA) is 23.5 Å². The molecule has 1 N–H and O–H groups in total. The summed E-state index contributed by atoms with van der Waals surface area (Å²) in [5.41, 5.74) is 3.47. The van der Waals surface area contributed by atoms with E-state index in [9.17, 15) is 5.11 Å². The van der Waals surface area contributed by atoms with E-state index in [1.807, 2.05) is 12.1 Å². The fraction of sp³-hybridized carbons (Fsp3) is 0.333. The molecular weight excluding hydrogens is 246 g/mol. The Kier molecular flexibility index (Phi) is 4.80. The Balaban J connectivity index is 2.38. The summed E-state index contributed by atoms with van der Waals surface area (Å²) in [4.78, 5) is 2.18. The quantitative estimate of drug-likeness (QED) is 0.893. The van der Waals surface area contributed by atoms with Gasteiger partial charge in [-0.15, -0.1) is 0 Å². The fourth-order valence-electron chi connectivity index (χ4n) is 2.53. The molecule has 0 aliphatic rings. The Morgan fingerprint density at radius 1 is 1.05 bits per heavy atom. The molecule has 1 atom stereocenters. The summed E-state index contributed by atoms with van der Waals surface area (Å²) in [6, 6.07) is 16.3. The van der Waals surface area contributed by atoms with Crippen LogP contribution in [0.2, 0.25) is 0 Å². The van der Waals surface area contributed by atoms with Gasteiger partial charge in [0, 0.05) is 11.5 Å². The second-order valence-corrected chi connectivity index (χ2v) is 5.62. The number of benzene rings is 2. The maximum atomic E-state index is 10.2. The van der Waals surface area contributed by atoms with Crippen molar-refractivity contribution in [1.29, 1.82) is 0 Å². The Morgan fingerprint density at radius 3 is 2.40 bits per heavy atom. The summed E-state index contributed by atoms with van der Waals surface area (Å²) in [6.45, 7) is 3.06. The van der Waals surface area contributed by atoms with Gasteiger partial charge in [0.25, 0.3) is 0 Å². The molecule has 0 heterocycles. The Bertz CT molecular complexity index is 549. The number of aromatic hydroxyl groups is 1. The van der Waals surface area contributed by atoms with Gasteiger partial charge in [-0.2, -0.15) is 0 Å². The predicted octanol–water partition coefficient (Wildman–Crippen LogP) is 3.78. The molecule has 2 heteroatoms. The third-order valence-electron chi connectivity index (χ3n) is 3.63. The lowest BCUT2D eigenvalue weighted by molar-refractivity contribution is 0.386. The molecule has 2 nitrogen and oxygen atoms in total. The summed E-state index contributed by atoms with van der Waals surface area (Å²) in [6.07, 6.45) is 0.994. The first-order valence-electron chi connectivity index (χ1n) is 7.07. The minimum atomic E-state index is 0.235. The lowest BCUT2D eigenvalue weighted by atomic mass is 9.87. The van der Waals surface area contributed by atoms with E-state index in [0.29, 0.717) is 5.75 Å². The molecule has 2 rings (SSSR count). The zero-order valence-electron chi connectivity index (χ0n) is 12.5. The van der Waals surface area contributed by atoms with E-state index in [1.165, 1.54) is 11.1 Å². The minimum absolute atomic E-state index is 0.235. The molecule has 0 unspecified atom stereocenters. The molecule has 0 saturated carbocycles. The second kappa shape index (κ2) is 6.58. The number of nitrogens with zero attached hydrogens (tertiary/aromatic N) is 1. The zero-order valence-corrected chi connectivity index (χ0v) is 12.5. The summed E-state index contributed by atoms with van der Waals surface area (Å²) in [7, 11) is 4.16. The Morgan fingerprint density at radius 2 is 1.75 bits per heavy atom. The largest absolute Gasteiger partial charge is 0.508 e. The lowest BCUT2D eigenvalue weighted by Crippen LogP contribution is -2.16. The number of hydrogen-bond acceptors (Lipinski definition) is 2. The first-order chi connectivity index (χ1) is 9.58. The zero-order chi connectivity index (χ0) is 14.5. The van der Waals surface area contributed by atoms with Crippen molar-refractivity contribution in [1.82, 2.24) is 4.90 Å². The van der Waals surface area contributed by atoms with Crippen molar-refractivity contribution in [3.63, 3.8) is 0 Å². The maximum absolute atomic E-state index is 10.2. The SMILES string of the molecule is Cc1ccc(O)c([C@H](CCN(C)C)c2ccccc2)c1. The molecule has 2 aromatic rings. The standard InChI is InChI=1S/C18H23NO/c1-14-9-10-18(20)17(13-14)16(11-12-19(2)3)15-7-5-4-6-8-15/h4-10,13,16,20H,11-12H2,1-3H3/t16-/m1/s1. The van der Waals surface area contributed by atoms with Gasteiger partial charge in [0.2, 0.25) is 0 Å². The second-order valence-electron chi connectivity index (χ2n) is 5.62. The van der Waals surface area contributed by atoms with E-state index < -0.39 is 0 Å². The Hall–Kier alpha value is -1.80. The summed E-state index contributed by atoms with van der Waals surface area (Å²) in [5, 5.41) is 10.2. The van der Waals surface area contributed by atoms with Crippen LogP contribution in [0.3, 0.4) is 0 Å². The van der Waals surface area contributed by atoms with Gasteiger partial charge in [0.1, 0.15) is 5.75 Å². The van der Waals surface area contributed by atoms with E-state index in [4.69, 9.17) is 0 Å². The summed E-state index contributed by atoms with van der Waals surface area (Å²) in [5.74, 6) is 0.627. The molecular formula is C18H23NO. The van der Waals surface area contributed by atoms with E-state index in [0.717, 1.165) is 18.5 Å². The molecule has 106 valence electrons. The van der Waals surface area contributed by atoms with Gasteiger partial charge in [0.15, 0.2) is 0 Å². The van der Waals surface area contributed by atoms with Crippen molar-refractivity contribution < 1.29 is 5.11 Å². The monoisotopic (exact) mass is 269 g/mol. The highest BCUT2D eigenvalue weighted by Crippen LogP contribution is 2.34. The highest BCUT2D eigenvalue weighted by molar-refractivity contribution is 5.43. The van der Waals surface area contributed by atoms with Crippen molar-refractivity contribution in [3.8, 4) is 5.75 Å².